The lowest BCUT2D eigenvalue weighted by atomic mass is 10.1. The van der Waals surface area contributed by atoms with Crippen LogP contribution in [-0.4, -0.2) is 46.0 Å². The van der Waals surface area contributed by atoms with Gasteiger partial charge in [0.2, 0.25) is 5.91 Å². The molecule has 0 aromatic heterocycles. The zero-order chi connectivity index (χ0) is 15.2. The van der Waals surface area contributed by atoms with Gasteiger partial charge in [0.25, 0.3) is 0 Å². The van der Waals surface area contributed by atoms with E-state index in [1.54, 1.807) is 6.92 Å². The number of nitrogens with one attached hydrogen (secondary N) is 1. The molecule has 4 N–H and O–H groups in total. The fourth-order valence-electron chi connectivity index (χ4n) is 1.59. The molecule has 0 aliphatic rings. The number of urea groups is 1. The summed E-state index contributed by atoms with van der Waals surface area (Å²) in [6.45, 7) is 7.21. The van der Waals surface area contributed by atoms with Crippen molar-refractivity contribution in [1.29, 1.82) is 0 Å². The highest BCUT2D eigenvalue weighted by Gasteiger charge is 2.27. The van der Waals surface area contributed by atoms with E-state index in [1.807, 2.05) is 20.8 Å². The van der Waals surface area contributed by atoms with E-state index in [0.717, 1.165) is 0 Å². The number of nitrogens with zero attached hydrogens (tertiary/aromatic N) is 1. The molecule has 0 fully saturated rings. The maximum Gasteiger partial charge on any atom is 0.318 e. The van der Waals surface area contributed by atoms with Crippen molar-refractivity contribution in [2.75, 3.05) is 6.54 Å². The Bertz CT molecular complexity index is 349. The number of hydrogen-bond donors (Lipinski definition) is 3. The van der Waals surface area contributed by atoms with Gasteiger partial charge in [0.15, 0.2) is 0 Å². The first kappa shape index (κ1) is 17.2. The van der Waals surface area contributed by atoms with Gasteiger partial charge in [-0.05, 0) is 27.7 Å². The molecular weight excluding hydrogens is 250 g/mol. The van der Waals surface area contributed by atoms with Crippen LogP contribution in [0.4, 0.5) is 4.79 Å². The predicted molar refractivity (Wildman–Crippen MR) is 70.5 cm³/mol. The number of nitrogens with two attached hydrogens (primary N) is 1. The molecule has 1 unspecified atom stereocenters. The first-order chi connectivity index (χ1) is 8.54. The average Bonchev–Trinajstić information content (AvgIpc) is 2.12. The number of carbonyl (C=O) groups is 3. The Labute approximate surface area is 113 Å². The second kappa shape index (κ2) is 6.96. The molecule has 0 aliphatic carbocycles. The minimum absolute atomic E-state index is 0.0443. The number of carboxylic acid groups (broad SMARTS) is 1. The van der Waals surface area contributed by atoms with E-state index >= 15 is 0 Å². The fourth-order valence-corrected chi connectivity index (χ4v) is 1.59. The fraction of sp³-hybridized carbons (Fsp3) is 0.750. The number of primary amides is 1. The largest absolute Gasteiger partial charge is 0.481 e. The molecule has 0 bridgehead atoms. The van der Waals surface area contributed by atoms with E-state index in [0.29, 0.717) is 0 Å². The van der Waals surface area contributed by atoms with E-state index in [9.17, 15) is 14.4 Å². The van der Waals surface area contributed by atoms with Crippen molar-refractivity contribution in [3.8, 4) is 0 Å². The zero-order valence-corrected chi connectivity index (χ0v) is 11.9. The van der Waals surface area contributed by atoms with Gasteiger partial charge in [-0.3, -0.25) is 9.59 Å². The minimum atomic E-state index is -0.966. The quantitative estimate of drug-likeness (QED) is 0.655. The van der Waals surface area contributed by atoms with Crippen LogP contribution in [-0.2, 0) is 9.59 Å². The normalized spacial score (nSPS) is 12.6. The summed E-state index contributed by atoms with van der Waals surface area (Å²) in [6.07, 6.45) is -0.0858. The van der Waals surface area contributed by atoms with Crippen molar-refractivity contribution in [3.63, 3.8) is 0 Å². The number of amides is 3. The minimum Gasteiger partial charge on any atom is -0.481 e. The van der Waals surface area contributed by atoms with Gasteiger partial charge in [-0.25, -0.2) is 4.79 Å². The summed E-state index contributed by atoms with van der Waals surface area (Å²) < 4.78 is 0. The van der Waals surface area contributed by atoms with Crippen molar-refractivity contribution in [1.82, 2.24) is 10.2 Å². The predicted octanol–water partition coefficient (Wildman–Crippen LogP) is 0.535. The monoisotopic (exact) mass is 273 g/mol. The van der Waals surface area contributed by atoms with Crippen LogP contribution in [0.15, 0.2) is 0 Å². The van der Waals surface area contributed by atoms with Crippen molar-refractivity contribution < 1.29 is 19.5 Å². The maximum atomic E-state index is 12.1. The van der Waals surface area contributed by atoms with Crippen molar-refractivity contribution >= 4 is 17.9 Å². The first-order valence-electron chi connectivity index (χ1n) is 6.12. The van der Waals surface area contributed by atoms with Crippen LogP contribution in [0.2, 0.25) is 0 Å². The lowest BCUT2D eigenvalue weighted by molar-refractivity contribution is -0.137. The molecule has 19 heavy (non-hydrogen) atoms. The molecule has 0 saturated heterocycles. The Balaban J connectivity index is 4.63. The Hall–Kier alpha value is -1.79. The van der Waals surface area contributed by atoms with Crippen molar-refractivity contribution in [3.05, 3.63) is 0 Å². The molecule has 0 rings (SSSR count). The van der Waals surface area contributed by atoms with Gasteiger partial charge < -0.3 is 21.1 Å². The Kier molecular flexibility index (Phi) is 6.31. The first-order valence-corrected chi connectivity index (χ1v) is 6.12. The van der Waals surface area contributed by atoms with Gasteiger partial charge in [-0.15, -0.1) is 0 Å². The molecule has 0 aromatic rings. The van der Waals surface area contributed by atoms with E-state index in [1.165, 1.54) is 4.90 Å². The van der Waals surface area contributed by atoms with Crippen LogP contribution in [0, 0.1) is 0 Å². The number of carbonyl (C=O) groups excluding carboxylic acids is 2. The Morgan fingerprint density at radius 2 is 1.84 bits per heavy atom. The van der Waals surface area contributed by atoms with Crippen LogP contribution in [0.1, 0.15) is 40.5 Å². The zero-order valence-electron chi connectivity index (χ0n) is 11.9. The molecule has 0 spiro atoms. The van der Waals surface area contributed by atoms with Gasteiger partial charge >= 0.3 is 12.0 Å². The SMILES string of the molecule is CC(CC(N)=O)NC(=O)N(CCC(=O)O)C(C)(C)C. The molecule has 0 heterocycles. The molecule has 0 aliphatic heterocycles. The van der Waals surface area contributed by atoms with Crippen molar-refractivity contribution in [2.45, 2.75) is 52.1 Å². The van der Waals surface area contributed by atoms with E-state index in [-0.39, 0.29) is 25.4 Å². The second-order valence-electron chi connectivity index (χ2n) is 5.49. The molecule has 0 saturated carbocycles. The highest BCUT2D eigenvalue weighted by molar-refractivity contribution is 5.78. The standard InChI is InChI=1S/C12H23N3O4/c1-8(7-9(13)16)14-11(19)15(12(2,3)4)6-5-10(17)18/h8H,5-7H2,1-4H3,(H2,13,16)(H,14,19)(H,17,18). The molecule has 7 nitrogen and oxygen atoms in total. The third-order valence-corrected chi connectivity index (χ3v) is 2.48. The summed E-state index contributed by atoms with van der Waals surface area (Å²) in [6, 6.07) is -0.790. The van der Waals surface area contributed by atoms with Gasteiger partial charge in [-0.1, -0.05) is 0 Å². The highest BCUT2D eigenvalue weighted by Crippen LogP contribution is 2.14. The van der Waals surface area contributed by atoms with Crippen molar-refractivity contribution in [2.24, 2.45) is 5.73 Å². The van der Waals surface area contributed by atoms with Crippen LogP contribution in [0.3, 0.4) is 0 Å². The summed E-state index contributed by atoms with van der Waals surface area (Å²) in [5.74, 6) is -1.46. The average molecular weight is 273 g/mol. The van der Waals surface area contributed by atoms with Gasteiger partial charge in [-0.2, -0.15) is 0 Å². The number of rotatable bonds is 6. The molecule has 1 atom stereocenters. The van der Waals surface area contributed by atoms with E-state index in [4.69, 9.17) is 10.8 Å². The molecule has 0 radical (unpaired) electrons. The number of aliphatic carboxylic acids is 1. The van der Waals surface area contributed by atoms with E-state index < -0.39 is 23.4 Å². The van der Waals surface area contributed by atoms with Gasteiger partial charge in [0, 0.05) is 24.5 Å². The molecule has 7 heteroatoms. The Morgan fingerprint density at radius 3 is 2.21 bits per heavy atom. The number of carboxylic acids is 1. The lowest BCUT2D eigenvalue weighted by Crippen LogP contribution is -2.53. The summed E-state index contributed by atoms with van der Waals surface area (Å²) in [7, 11) is 0. The maximum absolute atomic E-state index is 12.1. The molecule has 3 amide bonds. The summed E-state index contributed by atoms with van der Waals surface area (Å²) in [5.41, 5.74) is 4.54. The lowest BCUT2D eigenvalue weighted by Gasteiger charge is -2.36. The highest BCUT2D eigenvalue weighted by atomic mass is 16.4. The van der Waals surface area contributed by atoms with Crippen LogP contribution < -0.4 is 11.1 Å². The molecule has 0 aromatic carbocycles. The smallest absolute Gasteiger partial charge is 0.318 e. The van der Waals surface area contributed by atoms with Crippen LogP contribution in [0.25, 0.3) is 0 Å². The van der Waals surface area contributed by atoms with E-state index in [2.05, 4.69) is 5.32 Å². The summed E-state index contributed by atoms with van der Waals surface area (Å²) >= 11 is 0. The Morgan fingerprint density at radius 1 is 1.32 bits per heavy atom. The molecular formula is C12H23N3O4. The third kappa shape index (κ3) is 7.28. The van der Waals surface area contributed by atoms with Crippen LogP contribution in [0.5, 0.6) is 0 Å². The van der Waals surface area contributed by atoms with Gasteiger partial charge in [0.1, 0.15) is 0 Å². The van der Waals surface area contributed by atoms with Crippen LogP contribution >= 0.6 is 0 Å². The third-order valence-electron chi connectivity index (χ3n) is 2.48. The summed E-state index contributed by atoms with van der Waals surface area (Å²) in [4.78, 5) is 34.8. The second-order valence-corrected chi connectivity index (χ2v) is 5.49. The summed E-state index contributed by atoms with van der Waals surface area (Å²) in [5, 5.41) is 11.3. The topological polar surface area (TPSA) is 113 Å². The number of hydrogen-bond acceptors (Lipinski definition) is 3. The molecule has 110 valence electrons. The van der Waals surface area contributed by atoms with Gasteiger partial charge in [0.05, 0.1) is 6.42 Å².